The number of nitrogens with one attached hydrogen (secondary N) is 2. The molecular formula is C36H32Cl4F4N2O7. The zero-order valence-electron chi connectivity index (χ0n) is 27.6. The maximum Gasteiger partial charge on any atom is 0.387 e. The molecule has 0 aliphatic heterocycles. The molecule has 0 saturated heterocycles. The van der Waals surface area contributed by atoms with E-state index in [9.17, 15) is 27.2 Å². The number of pyridine rings is 2. The molecule has 4 aromatic rings. The van der Waals surface area contributed by atoms with E-state index in [-0.39, 0.29) is 92.1 Å². The number of aromatic amines is 2. The molecule has 6 rings (SSSR count). The van der Waals surface area contributed by atoms with Gasteiger partial charge in [-0.15, -0.1) is 0 Å². The highest BCUT2D eigenvalue weighted by Crippen LogP contribution is 2.42. The zero-order chi connectivity index (χ0) is 37.8. The Kier molecular flexibility index (Phi) is 12.7. The van der Waals surface area contributed by atoms with Gasteiger partial charge in [0.1, 0.15) is 10.0 Å². The number of aromatic nitrogens is 2. The van der Waals surface area contributed by atoms with Crippen LogP contribution in [0.1, 0.15) is 60.1 Å². The minimum absolute atomic E-state index is 0.0212. The van der Waals surface area contributed by atoms with Crippen molar-refractivity contribution >= 4 is 46.4 Å². The lowest BCUT2D eigenvalue weighted by Crippen LogP contribution is -2.19. The van der Waals surface area contributed by atoms with Gasteiger partial charge in [0, 0.05) is 25.2 Å². The Labute approximate surface area is 320 Å². The molecule has 2 heterocycles. The molecule has 2 N–H and O–H groups in total. The molecule has 2 unspecified atom stereocenters. The van der Waals surface area contributed by atoms with Crippen LogP contribution in [0.25, 0.3) is 0 Å². The summed E-state index contributed by atoms with van der Waals surface area (Å²) < 4.78 is 81.8. The standard InChI is InChI=1S/C36H32Cl4F4N2O7/c37-23-13-45-33(47)31(39)21(23)11-27(19-5-7-25(52-35(41)42)29(9-19)49-15-17-1-2-17)51-28(12-22-24(38)14-46-34(48)32(22)40)20-6-8-26(53-36(43)44)30(10-20)50-16-18-3-4-18/h5-10,13-14,17-18,27-28,35-36H,1-4,11-12,15-16H2,(H,45,47)(H,46,48). The van der Waals surface area contributed by atoms with Crippen molar-refractivity contribution in [3.63, 3.8) is 0 Å². The SMILES string of the molecule is O=c1[nH]cc(Cl)c(CC(OC(Cc2c(Cl)c[nH]c(=O)c2Cl)c2ccc(OC(F)F)c(OCC3CC3)c2)c2ccc(OC(F)F)c(OCC3CC3)c2)c1Cl. The Morgan fingerprint density at radius 1 is 0.623 bits per heavy atom. The number of halogens is 8. The molecule has 0 radical (unpaired) electrons. The van der Waals surface area contributed by atoms with E-state index in [1.165, 1.54) is 48.8 Å². The molecule has 284 valence electrons. The van der Waals surface area contributed by atoms with Gasteiger partial charge in [-0.3, -0.25) is 9.59 Å². The summed E-state index contributed by atoms with van der Waals surface area (Å²) in [4.78, 5) is 30.1. The van der Waals surface area contributed by atoms with E-state index in [1.807, 2.05) is 0 Å². The highest BCUT2D eigenvalue weighted by Gasteiger charge is 2.30. The van der Waals surface area contributed by atoms with Crippen LogP contribution in [-0.2, 0) is 17.6 Å². The van der Waals surface area contributed by atoms with Gasteiger partial charge >= 0.3 is 13.2 Å². The van der Waals surface area contributed by atoms with E-state index < -0.39 is 36.5 Å². The Hall–Kier alpha value is -3.62. The third kappa shape index (κ3) is 10.3. The van der Waals surface area contributed by atoms with Gasteiger partial charge in [-0.05, 0) is 84.0 Å². The molecule has 2 saturated carbocycles. The minimum Gasteiger partial charge on any atom is -0.489 e. The number of rotatable bonds is 18. The van der Waals surface area contributed by atoms with Crippen molar-refractivity contribution in [3.8, 4) is 23.0 Å². The van der Waals surface area contributed by atoms with Crippen LogP contribution < -0.4 is 30.1 Å². The van der Waals surface area contributed by atoms with Crippen LogP contribution in [0.2, 0.25) is 20.1 Å². The molecule has 0 spiro atoms. The van der Waals surface area contributed by atoms with E-state index in [0.717, 1.165) is 25.7 Å². The van der Waals surface area contributed by atoms with E-state index in [0.29, 0.717) is 11.1 Å². The van der Waals surface area contributed by atoms with E-state index in [1.54, 1.807) is 0 Å². The average Bonchev–Trinajstić information content (AvgIpc) is 4.06. The molecule has 0 bridgehead atoms. The van der Waals surface area contributed by atoms with E-state index >= 15 is 0 Å². The number of hydrogen-bond acceptors (Lipinski definition) is 7. The van der Waals surface area contributed by atoms with Crippen molar-refractivity contribution in [3.05, 3.63) is 112 Å². The molecule has 53 heavy (non-hydrogen) atoms. The van der Waals surface area contributed by atoms with Crippen molar-refractivity contribution in [1.82, 2.24) is 9.97 Å². The maximum absolute atomic E-state index is 13.4. The first-order valence-corrected chi connectivity index (χ1v) is 18.1. The number of alkyl halides is 4. The lowest BCUT2D eigenvalue weighted by Gasteiger charge is -2.28. The third-order valence-corrected chi connectivity index (χ3v) is 10.2. The molecule has 2 aliphatic carbocycles. The predicted octanol–water partition coefficient (Wildman–Crippen LogP) is 9.74. The van der Waals surface area contributed by atoms with Gasteiger partial charge in [-0.2, -0.15) is 17.6 Å². The smallest absolute Gasteiger partial charge is 0.387 e. The minimum atomic E-state index is -3.13. The normalized spacial score (nSPS) is 15.4. The first-order valence-electron chi connectivity index (χ1n) is 16.6. The summed E-state index contributed by atoms with van der Waals surface area (Å²) in [7, 11) is 0. The van der Waals surface area contributed by atoms with Crippen molar-refractivity contribution < 1.29 is 41.2 Å². The van der Waals surface area contributed by atoms with Gasteiger partial charge in [-0.1, -0.05) is 58.5 Å². The predicted molar refractivity (Wildman–Crippen MR) is 191 cm³/mol. The van der Waals surface area contributed by atoms with Crippen molar-refractivity contribution in [2.45, 2.75) is 64.0 Å². The largest absolute Gasteiger partial charge is 0.489 e. The molecule has 2 aromatic carbocycles. The second-order valence-electron chi connectivity index (χ2n) is 12.7. The van der Waals surface area contributed by atoms with Crippen LogP contribution in [0.15, 0.2) is 58.4 Å². The molecule has 2 fully saturated rings. The first-order chi connectivity index (χ1) is 25.4. The molecule has 2 atom stereocenters. The summed E-state index contributed by atoms with van der Waals surface area (Å²) >= 11 is 25.9. The average molecular weight is 822 g/mol. The van der Waals surface area contributed by atoms with Crippen LogP contribution >= 0.6 is 46.4 Å². The van der Waals surface area contributed by atoms with Crippen LogP contribution in [0.3, 0.4) is 0 Å². The van der Waals surface area contributed by atoms with Gasteiger partial charge in [0.05, 0.1) is 35.5 Å². The van der Waals surface area contributed by atoms with E-state index in [2.05, 4.69) is 9.97 Å². The highest BCUT2D eigenvalue weighted by atomic mass is 35.5. The summed E-state index contributed by atoms with van der Waals surface area (Å²) in [6, 6.07) is 8.54. The monoisotopic (exact) mass is 820 g/mol. The lowest BCUT2D eigenvalue weighted by molar-refractivity contribution is -0.0521. The second kappa shape index (κ2) is 17.2. The van der Waals surface area contributed by atoms with Gasteiger partial charge < -0.3 is 33.7 Å². The Morgan fingerprint density at radius 3 is 1.38 bits per heavy atom. The fraction of sp³-hybridized carbons (Fsp3) is 0.389. The van der Waals surface area contributed by atoms with Gasteiger partial charge in [0.25, 0.3) is 11.1 Å². The highest BCUT2D eigenvalue weighted by molar-refractivity contribution is 6.36. The lowest BCUT2D eigenvalue weighted by atomic mass is 9.98. The summed E-state index contributed by atoms with van der Waals surface area (Å²) in [6.07, 6.45) is 3.86. The summed E-state index contributed by atoms with van der Waals surface area (Å²) in [5.74, 6) is 0.156. The number of ether oxygens (including phenoxy) is 5. The van der Waals surface area contributed by atoms with Gasteiger partial charge in [-0.25, -0.2) is 0 Å². The molecule has 2 aromatic heterocycles. The van der Waals surface area contributed by atoms with Gasteiger partial charge in [0.2, 0.25) is 0 Å². The van der Waals surface area contributed by atoms with Crippen molar-refractivity contribution in [1.29, 1.82) is 0 Å². The van der Waals surface area contributed by atoms with Crippen LogP contribution in [0.4, 0.5) is 17.6 Å². The van der Waals surface area contributed by atoms with Crippen LogP contribution in [0, 0.1) is 11.8 Å². The fourth-order valence-electron chi connectivity index (χ4n) is 5.52. The number of H-pyrrole nitrogens is 2. The Morgan fingerprint density at radius 2 is 1.02 bits per heavy atom. The quantitative estimate of drug-likeness (QED) is 0.0962. The van der Waals surface area contributed by atoms with Crippen LogP contribution in [0.5, 0.6) is 23.0 Å². The summed E-state index contributed by atoms with van der Waals surface area (Å²) in [6.45, 7) is -5.74. The maximum atomic E-state index is 13.4. The van der Waals surface area contributed by atoms with Crippen molar-refractivity contribution in [2.24, 2.45) is 11.8 Å². The Bertz CT molecular complexity index is 1900. The number of hydrogen-bond donors (Lipinski definition) is 2. The summed E-state index contributed by atoms with van der Waals surface area (Å²) in [5.41, 5.74) is -0.0815. The molecule has 9 nitrogen and oxygen atoms in total. The molecule has 2 aliphatic rings. The number of benzene rings is 2. The Balaban J connectivity index is 1.46. The van der Waals surface area contributed by atoms with Crippen LogP contribution in [-0.4, -0.2) is 36.4 Å². The van der Waals surface area contributed by atoms with Crippen molar-refractivity contribution in [2.75, 3.05) is 13.2 Å². The van der Waals surface area contributed by atoms with Gasteiger partial charge in [0.15, 0.2) is 23.0 Å². The third-order valence-electron chi connectivity index (χ3n) is 8.73. The van der Waals surface area contributed by atoms with E-state index in [4.69, 9.17) is 70.1 Å². The molecular weight excluding hydrogens is 790 g/mol. The first kappa shape index (κ1) is 39.1. The topological polar surface area (TPSA) is 112 Å². The molecule has 0 amide bonds. The molecule has 17 heteroatoms. The fourth-order valence-corrected chi connectivity index (χ4v) is 6.54. The zero-order valence-corrected chi connectivity index (χ0v) is 30.6. The summed E-state index contributed by atoms with van der Waals surface area (Å²) in [5, 5.41) is -0.217. The second-order valence-corrected chi connectivity index (χ2v) is 14.3.